The van der Waals surface area contributed by atoms with E-state index in [9.17, 15) is 9.59 Å². The summed E-state index contributed by atoms with van der Waals surface area (Å²) in [5.74, 6) is -0.574. The first kappa shape index (κ1) is 14.5. The van der Waals surface area contributed by atoms with E-state index >= 15 is 0 Å². The van der Waals surface area contributed by atoms with Gasteiger partial charge in [0.15, 0.2) is 0 Å². The predicted molar refractivity (Wildman–Crippen MR) is 84.4 cm³/mol. The molecule has 0 amide bonds. The number of esters is 2. The Hall–Kier alpha value is -2.40. The topological polar surface area (TPSA) is 52.6 Å². The summed E-state index contributed by atoms with van der Waals surface area (Å²) in [6.45, 7) is 0.270. The maximum absolute atomic E-state index is 11.8. The van der Waals surface area contributed by atoms with Crippen molar-refractivity contribution in [3.63, 3.8) is 0 Å². The fourth-order valence-corrected chi connectivity index (χ4v) is 2.31. The first-order valence-corrected chi connectivity index (χ1v) is 7.36. The first-order chi connectivity index (χ1) is 10.6. The van der Waals surface area contributed by atoms with Crippen molar-refractivity contribution in [2.45, 2.75) is 6.61 Å². The third-order valence-electron chi connectivity index (χ3n) is 3.16. The Morgan fingerprint density at radius 1 is 1.18 bits per heavy atom. The summed E-state index contributed by atoms with van der Waals surface area (Å²) >= 11 is 3.35. The molecule has 2 aromatic carbocycles. The van der Waals surface area contributed by atoms with Crippen molar-refractivity contribution in [3.05, 3.63) is 69.7 Å². The molecule has 0 aromatic heterocycles. The largest absolute Gasteiger partial charge is 0.457 e. The molecule has 0 bridgehead atoms. The first-order valence-electron chi connectivity index (χ1n) is 6.57. The Kier molecular flexibility index (Phi) is 4.06. The lowest BCUT2D eigenvalue weighted by Gasteiger charge is -2.02. The van der Waals surface area contributed by atoms with Crippen molar-refractivity contribution in [1.82, 2.24) is 0 Å². The van der Waals surface area contributed by atoms with E-state index in [4.69, 9.17) is 9.47 Å². The molecule has 1 aliphatic rings. The van der Waals surface area contributed by atoms with E-state index in [1.807, 2.05) is 24.3 Å². The van der Waals surface area contributed by atoms with Crippen LogP contribution in [0, 0.1) is 0 Å². The van der Waals surface area contributed by atoms with Gasteiger partial charge in [-0.15, -0.1) is 0 Å². The smallest absolute Gasteiger partial charge is 0.339 e. The molecule has 0 saturated carbocycles. The highest BCUT2D eigenvalue weighted by molar-refractivity contribution is 9.10. The molecule has 1 heterocycles. The number of cyclic esters (lactones) is 1. The molecule has 4 nitrogen and oxygen atoms in total. The maximum atomic E-state index is 11.8. The molecule has 0 aliphatic carbocycles. The molecule has 110 valence electrons. The quantitative estimate of drug-likeness (QED) is 0.476. The van der Waals surface area contributed by atoms with E-state index in [1.54, 1.807) is 18.2 Å². The minimum absolute atomic E-state index is 0.270. The van der Waals surface area contributed by atoms with E-state index in [2.05, 4.69) is 15.9 Å². The summed E-state index contributed by atoms with van der Waals surface area (Å²) in [4.78, 5) is 23.3. The third kappa shape index (κ3) is 3.26. The monoisotopic (exact) mass is 358 g/mol. The molecule has 0 fully saturated rings. The van der Waals surface area contributed by atoms with Crippen LogP contribution in [0.5, 0.6) is 5.75 Å². The highest BCUT2D eigenvalue weighted by Gasteiger charge is 2.21. The van der Waals surface area contributed by atoms with E-state index < -0.39 is 11.9 Å². The van der Waals surface area contributed by atoms with Crippen LogP contribution in [0.25, 0.3) is 6.08 Å². The normalized spacial score (nSPS) is 13.0. The molecule has 0 saturated heterocycles. The summed E-state index contributed by atoms with van der Waals surface area (Å²) in [6, 6.07) is 12.4. The van der Waals surface area contributed by atoms with Crippen molar-refractivity contribution in [1.29, 1.82) is 0 Å². The Morgan fingerprint density at radius 2 is 1.95 bits per heavy atom. The van der Waals surface area contributed by atoms with Gasteiger partial charge in [-0.25, -0.2) is 9.59 Å². The second-order valence-corrected chi connectivity index (χ2v) is 5.62. The van der Waals surface area contributed by atoms with Crippen LogP contribution in [0.2, 0.25) is 0 Å². The van der Waals surface area contributed by atoms with Gasteiger partial charge in [0.05, 0.1) is 5.56 Å². The lowest BCUT2D eigenvalue weighted by molar-refractivity contribution is -0.128. The fourth-order valence-electron chi connectivity index (χ4n) is 2.04. The minimum atomic E-state index is -0.505. The Labute approximate surface area is 135 Å². The lowest BCUT2D eigenvalue weighted by Crippen LogP contribution is -2.04. The van der Waals surface area contributed by atoms with E-state index in [1.165, 1.54) is 12.1 Å². The Morgan fingerprint density at radius 3 is 2.73 bits per heavy atom. The van der Waals surface area contributed by atoms with Crippen LogP contribution < -0.4 is 4.74 Å². The molecule has 0 atom stereocenters. The molecule has 2 aromatic rings. The highest BCUT2D eigenvalue weighted by atomic mass is 79.9. The van der Waals surface area contributed by atoms with Gasteiger partial charge in [0.1, 0.15) is 12.4 Å². The number of halogens is 1. The second-order valence-electron chi connectivity index (χ2n) is 4.70. The molecule has 0 unspecified atom stereocenters. The summed E-state index contributed by atoms with van der Waals surface area (Å²) in [6.07, 6.45) is 3.01. The van der Waals surface area contributed by atoms with Gasteiger partial charge in [-0.05, 0) is 35.9 Å². The fraction of sp³-hybridized carbons (Fsp3) is 0.0588. The highest BCUT2D eigenvalue weighted by Crippen LogP contribution is 2.24. The van der Waals surface area contributed by atoms with Gasteiger partial charge < -0.3 is 9.47 Å². The van der Waals surface area contributed by atoms with Gasteiger partial charge in [0.2, 0.25) is 0 Å². The van der Waals surface area contributed by atoms with Gasteiger partial charge >= 0.3 is 11.9 Å². The van der Waals surface area contributed by atoms with Crippen LogP contribution in [-0.4, -0.2) is 11.9 Å². The number of hydrogen-bond donors (Lipinski definition) is 0. The molecule has 5 heteroatoms. The average molecular weight is 359 g/mol. The number of benzene rings is 2. The second kappa shape index (κ2) is 6.15. The van der Waals surface area contributed by atoms with Gasteiger partial charge in [-0.2, -0.15) is 0 Å². The van der Waals surface area contributed by atoms with Crippen molar-refractivity contribution in [2.75, 3.05) is 0 Å². The summed E-state index contributed by atoms with van der Waals surface area (Å²) < 4.78 is 11.1. The van der Waals surface area contributed by atoms with Gasteiger partial charge in [-0.3, -0.25) is 0 Å². The molecule has 1 aliphatic heterocycles. The van der Waals surface area contributed by atoms with Crippen LogP contribution in [0.3, 0.4) is 0 Å². The van der Waals surface area contributed by atoms with Gasteiger partial charge in [0.25, 0.3) is 0 Å². The summed E-state index contributed by atoms with van der Waals surface area (Å²) in [5, 5.41) is 0. The van der Waals surface area contributed by atoms with Crippen LogP contribution in [0.1, 0.15) is 21.5 Å². The number of rotatable bonds is 3. The van der Waals surface area contributed by atoms with E-state index in [-0.39, 0.29) is 6.61 Å². The molecule has 22 heavy (non-hydrogen) atoms. The lowest BCUT2D eigenvalue weighted by atomic mass is 10.1. The zero-order valence-corrected chi connectivity index (χ0v) is 13.0. The molecule has 0 radical (unpaired) electrons. The number of carbonyl (C=O) groups is 2. The molecule has 0 N–H and O–H groups in total. The van der Waals surface area contributed by atoms with Crippen molar-refractivity contribution in [3.8, 4) is 5.75 Å². The van der Waals surface area contributed by atoms with E-state index in [0.29, 0.717) is 11.3 Å². The Bertz CT molecular complexity index is 763. The Balaban J connectivity index is 1.68. The third-order valence-corrected chi connectivity index (χ3v) is 3.69. The number of ether oxygens (including phenoxy) is 2. The van der Waals surface area contributed by atoms with Gasteiger partial charge in [-0.1, -0.05) is 34.1 Å². The van der Waals surface area contributed by atoms with Crippen LogP contribution in [0.15, 0.2) is 53.0 Å². The minimum Gasteiger partial charge on any atom is -0.457 e. The van der Waals surface area contributed by atoms with Crippen LogP contribution >= 0.6 is 15.9 Å². The van der Waals surface area contributed by atoms with E-state index in [0.717, 1.165) is 15.6 Å². The zero-order valence-electron chi connectivity index (χ0n) is 11.4. The standard InChI is InChI=1S/C17H11BrO4/c18-13-5-1-11(2-6-13)3-8-16(19)22-14-7-4-12-10-21-17(20)15(12)9-14/h1-9H,10H2/b8-3+. The maximum Gasteiger partial charge on any atom is 0.339 e. The molecule has 0 spiro atoms. The van der Waals surface area contributed by atoms with Crippen molar-refractivity contribution >= 4 is 33.9 Å². The average Bonchev–Trinajstić information content (AvgIpc) is 2.88. The van der Waals surface area contributed by atoms with Crippen molar-refractivity contribution in [2.24, 2.45) is 0 Å². The number of fused-ring (bicyclic) bond motifs is 1. The van der Waals surface area contributed by atoms with Crippen molar-refractivity contribution < 1.29 is 19.1 Å². The molecular weight excluding hydrogens is 348 g/mol. The SMILES string of the molecule is O=C(/C=C/c1ccc(Br)cc1)Oc1ccc2c(c1)C(=O)OC2. The molecular formula is C17H11BrO4. The summed E-state index contributed by atoms with van der Waals surface area (Å²) in [5.41, 5.74) is 2.13. The number of hydrogen-bond acceptors (Lipinski definition) is 4. The zero-order chi connectivity index (χ0) is 15.5. The van der Waals surface area contributed by atoms with Crippen LogP contribution in [0.4, 0.5) is 0 Å². The predicted octanol–water partition coefficient (Wildman–Crippen LogP) is 3.74. The summed E-state index contributed by atoms with van der Waals surface area (Å²) in [7, 11) is 0. The van der Waals surface area contributed by atoms with Crippen LogP contribution in [-0.2, 0) is 16.1 Å². The molecule has 3 rings (SSSR count). The number of carbonyl (C=O) groups excluding carboxylic acids is 2. The van der Waals surface area contributed by atoms with Gasteiger partial charge in [0, 0.05) is 16.1 Å².